The first-order valence-electron chi connectivity index (χ1n) is 7.18. The molecule has 2 aromatic heterocycles. The maximum atomic E-state index is 5.52. The third kappa shape index (κ3) is 1.95. The highest BCUT2D eigenvalue weighted by molar-refractivity contribution is 7.71. The Morgan fingerprint density at radius 3 is 2.68 bits per heavy atom. The third-order valence-electron chi connectivity index (χ3n) is 4.83. The molecule has 1 N–H and O–H groups in total. The number of nitrogens with one attached hydrogen (secondary N) is 1. The van der Waals surface area contributed by atoms with Gasteiger partial charge in [-0.25, -0.2) is 0 Å². The Morgan fingerprint density at radius 2 is 2.05 bits per heavy atom. The van der Waals surface area contributed by atoms with Gasteiger partial charge in [0.25, 0.3) is 0 Å². The monoisotopic (exact) mass is 278 g/mol. The molecule has 0 radical (unpaired) electrons. The Morgan fingerprint density at radius 1 is 1.37 bits per heavy atom. The predicted octanol–water partition coefficient (Wildman–Crippen LogP) is 3.71. The van der Waals surface area contributed by atoms with Crippen molar-refractivity contribution < 1.29 is 0 Å². The average Bonchev–Trinajstić information content (AvgIpc) is 3.02. The largest absolute Gasteiger partial charge is 0.328 e. The molecule has 5 heteroatoms. The molecule has 104 valence electrons. The minimum Gasteiger partial charge on any atom is -0.328 e. The van der Waals surface area contributed by atoms with Gasteiger partial charge in [-0.3, -0.25) is 4.68 Å². The van der Waals surface area contributed by atoms with Crippen LogP contribution >= 0.6 is 12.2 Å². The first-order chi connectivity index (χ1) is 9.06. The number of nitrogens with zero attached hydrogens (tertiary/aromatic N) is 3. The molecule has 0 unspecified atom stereocenters. The van der Waals surface area contributed by atoms with E-state index in [1.54, 1.807) is 0 Å². The van der Waals surface area contributed by atoms with Gasteiger partial charge in [-0.1, -0.05) is 19.8 Å². The average molecular weight is 278 g/mol. The Bertz CT molecular complexity index is 655. The summed E-state index contributed by atoms with van der Waals surface area (Å²) in [5, 5.41) is 4.49. The number of hydrogen-bond donors (Lipinski definition) is 1. The summed E-state index contributed by atoms with van der Waals surface area (Å²) in [5.41, 5.74) is 3.70. The van der Waals surface area contributed by atoms with Crippen LogP contribution in [0.4, 0.5) is 0 Å². The van der Waals surface area contributed by atoms with E-state index in [9.17, 15) is 0 Å². The van der Waals surface area contributed by atoms with E-state index in [2.05, 4.69) is 21.6 Å². The topological polar surface area (TPSA) is 38.5 Å². The van der Waals surface area contributed by atoms with Gasteiger partial charge >= 0.3 is 0 Å². The Kier molecular flexibility index (Phi) is 3.04. The van der Waals surface area contributed by atoms with Gasteiger partial charge in [-0.2, -0.15) is 5.10 Å². The fourth-order valence-electron chi connectivity index (χ4n) is 3.60. The van der Waals surface area contributed by atoms with Crippen molar-refractivity contribution in [2.75, 3.05) is 0 Å². The lowest BCUT2D eigenvalue weighted by Gasteiger charge is -2.28. The van der Waals surface area contributed by atoms with Gasteiger partial charge in [0.05, 0.1) is 5.69 Å². The zero-order valence-electron chi connectivity index (χ0n) is 12.0. The summed E-state index contributed by atoms with van der Waals surface area (Å²) in [7, 11) is 2.00. The van der Waals surface area contributed by atoms with Crippen LogP contribution < -0.4 is 0 Å². The number of H-pyrrole nitrogens is 1. The summed E-state index contributed by atoms with van der Waals surface area (Å²) in [6.07, 6.45) is 6.61. The molecule has 0 atom stereocenters. The normalized spacial score (nSPS) is 18.5. The highest BCUT2D eigenvalue weighted by atomic mass is 32.1. The van der Waals surface area contributed by atoms with Gasteiger partial charge in [0.1, 0.15) is 5.52 Å². The lowest BCUT2D eigenvalue weighted by Crippen LogP contribution is -2.23. The lowest BCUT2D eigenvalue weighted by molar-refractivity contribution is 0.238. The molecule has 19 heavy (non-hydrogen) atoms. The number of aromatic amines is 1. The van der Waals surface area contributed by atoms with Gasteiger partial charge < -0.3 is 9.55 Å². The van der Waals surface area contributed by atoms with Crippen molar-refractivity contribution in [1.29, 1.82) is 0 Å². The number of rotatable bonds is 3. The highest BCUT2D eigenvalue weighted by Gasteiger charge is 2.33. The molecular formula is C14H22N4S. The summed E-state index contributed by atoms with van der Waals surface area (Å²) < 4.78 is 5.06. The molecule has 2 heterocycles. The summed E-state index contributed by atoms with van der Waals surface area (Å²) in [6, 6.07) is 0. The van der Waals surface area contributed by atoms with E-state index in [0.29, 0.717) is 5.41 Å². The van der Waals surface area contributed by atoms with E-state index in [-0.39, 0.29) is 0 Å². The first-order valence-corrected chi connectivity index (χ1v) is 7.59. The molecule has 0 bridgehead atoms. The fraction of sp³-hybridized carbons (Fsp3) is 0.714. The number of fused-ring (bicyclic) bond motifs is 1. The van der Waals surface area contributed by atoms with Crippen LogP contribution in [0.25, 0.3) is 11.2 Å². The van der Waals surface area contributed by atoms with E-state index in [1.165, 1.54) is 32.1 Å². The van der Waals surface area contributed by atoms with Crippen molar-refractivity contribution in [2.45, 2.75) is 52.5 Å². The summed E-state index contributed by atoms with van der Waals surface area (Å²) in [6.45, 7) is 5.37. The van der Waals surface area contributed by atoms with E-state index < -0.39 is 0 Å². The van der Waals surface area contributed by atoms with Gasteiger partial charge in [0, 0.05) is 13.6 Å². The van der Waals surface area contributed by atoms with Gasteiger partial charge in [0.2, 0.25) is 0 Å². The zero-order valence-corrected chi connectivity index (χ0v) is 12.8. The molecule has 1 saturated carbocycles. The number of hydrogen-bond acceptors (Lipinski definition) is 2. The second-order valence-corrected chi connectivity index (χ2v) is 6.37. The van der Waals surface area contributed by atoms with E-state index in [1.807, 2.05) is 18.7 Å². The molecule has 0 spiro atoms. The van der Waals surface area contributed by atoms with Crippen molar-refractivity contribution >= 4 is 23.4 Å². The SMILES string of the molecule is CCC1(Cn2c(=S)[nH]c3c(C)nn(C)c32)CCCC1. The van der Waals surface area contributed by atoms with Crippen LogP contribution in [-0.2, 0) is 13.6 Å². The van der Waals surface area contributed by atoms with Crippen molar-refractivity contribution in [1.82, 2.24) is 19.3 Å². The van der Waals surface area contributed by atoms with E-state index in [4.69, 9.17) is 12.2 Å². The summed E-state index contributed by atoms with van der Waals surface area (Å²) in [5.74, 6) is 0. The minimum absolute atomic E-state index is 0.436. The van der Waals surface area contributed by atoms with Crippen LogP contribution in [-0.4, -0.2) is 19.3 Å². The molecule has 2 aromatic rings. The lowest BCUT2D eigenvalue weighted by atomic mass is 9.83. The van der Waals surface area contributed by atoms with Crippen LogP contribution in [0.1, 0.15) is 44.7 Å². The van der Waals surface area contributed by atoms with Gasteiger partial charge in [-0.05, 0) is 43.8 Å². The molecule has 0 amide bonds. The number of aryl methyl sites for hydroxylation is 2. The fourth-order valence-corrected chi connectivity index (χ4v) is 3.86. The molecule has 3 rings (SSSR count). The minimum atomic E-state index is 0.436. The maximum absolute atomic E-state index is 5.52. The van der Waals surface area contributed by atoms with Crippen molar-refractivity contribution in [3.8, 4) is 0 Å². The van der Waals surface area contributed by atoms with Crippen LogP contribution in [0, 0.1) is 17.1 Å². The van der Waals surface area contributed by atoms with E-state index >= 15 is 0 Å². The first kappa shape index (κ1) is 12.9. The zero-order chi connectivity index (χ0) is 13.6. The van der Waals surface area contributed by atoms with Crippen LogP contribution in [0.5, 0.6) is 0 Å². The summed E-state index contributed by atoms with van der Waals surface area (Å²) >= 11 is 5.52. The second kappa shape index (κ2) is 4.47. The third-order valence-corrected chi connectivity index (χ3v) is 5.15. The molecule has 0 saturated heterocycles. The maximum Gasteiger partial charge on any atom is 0.179 e. The van der Waals surface area contributed by atoms with E-state index in [0.717, 1.165) is 28.2 Å². The molecule has 1 fully saturated rings. The standard InChI is InChI=1S/C14H22N4S/c1-4-14(7-5-6-8-14)9-18-12-11(15-13(18)19)10(2)16-17(12)3/h4-9H2,1-3H3,(H,15,19). The number of imidazole rings is 1. The number of aromatic nitrogens is 4. The molecule has 4 nitrogen and oxygen atoms in total. The highest BCUT2D eigenvalue weighted by Crippen LogP contribution is 2.42. The van der Waals surface area contributed by atoms with Crippen LogP contribution in [0.2, 0.25) is 0 Å². The smallest absolute Gasteiger partial charge is 0.179 e. The summed E-state index contributed by atoms with van der Waals surface area (Å²) in [4.78, 5) is 3.33. The Hall–Kier alpha value is -1.10. The molecule has 0 aliphatic heterocycles. The van der Waals surface area contributed by atoms with Gasteiger partial charge in [0.15, 0.2) is 10.4 Å². The second-order valence-electron chi connectivity index (χ2n) is 5.98. The molecular weight excluding hydrogens is 256 g/mol. The molecule has 1 aliphatic carbocycles. The van der Waals surface area contributed by atoms with Crippen molar-refractivity contribution in [3.05, 3.63) is 10.5 Å². The Balaban J connectivity index is 2.10. The predicted molar refractivity (Wildman–Crippen MR) is 79.8 cm³/mol. The van der Waals surface area contributed by atoms with Crippen LogP contribution in [0.15, 0.2) is 0 Å². The van der Waals surface area contributed by atoms with Gasteiger partial charge in [-0.15, -0.1) is 0 Å². The van der Waals surface area contributed by atoms with Crippen molar-refractivity contribution in [3.63, 3.8) is 0 Å². The Labute approximate surface area is 118 Å². The van der Waals surface area contributed by atoms with Crippen LogP contribution in [0.3, 0.4) is 0 Å². The molecule has 1 aliphatic rings. The molecule has 0 aromatic carbocycles. The quantitative estimate of drug-likeness (QED) is 0.869. The van der Waals surface area contributed by atoms with Crippen molar-refractivity contribution in [2.24, 2.45) is 12.5 Å².